The number of ether oxygens (including phenoxy) is 1. The van der Waals surface area contributed by atoms with Crippen molar-refractivity contribution in [1.82, 2.24) is 9.97 Å². The van der Waals surface area contributed by atoms with Crippen LogP contribution in [0.25, 0.3) is 22.2 Å². The molecule has 4 aromatic rings. The van der Waals surface area contributed by atoms with Crippen molar-refractivity contribution >= 4 is 22.6 Å². The summed E-state index contributed by atoms with van der Waals surface area (Å²) in [6, 6.07) is 17.7. The van der Waals surface area contributed by atoms with Gasteiger partial charge in [0.2, 0.25) is 5.91 Å². The Morgan fingerprint density at radius 1 is 1.06 bits per heavy atom. The number of halogens is 3. The number of aromatic amines is 1. The van der Waals surface area contributed by atoms with Crippen molar-refractivity contribution in [2.24, 2.45) is 0 Å². The lowest BCUT2D eigenvalue weighted by atomic mass is 10.0. The number of para-hydroxylation sites is 1. The number of H-pyrrole nitrogens is 1. The molecule has 0 saturated carbocycles. The molecule has 1 amide bonds. The van der Waals surface area contributed by atoms with Crippen LogP contribution in [-0.4, -0.2) is 15.9 Å². The average Bonchev–Trinajstić information content (AvgIpc) is 3.14. The van der Waals surface area contributed by atoms with Crippen LogP contribution in [0.1, 0.15) is 18.3 Å². The van der Waals surface area contributed by atoms with E-state index < -0.39 is 11.7 Å². The third kappa shape index (κ3) is 4.69. The number of amides is 1. The summed E-state index contributed by atoms with van der Waals surface area (Å²) in [7, 11) is 0. The number of alkyl halides is 3. The summed E-state index contributed by atoms with van der Waals surface area (Å²) in [5, 5.41) is 2.82. The molecule has 0 aliphatic rings. The van der Waals surface area contributed by atoms with Gasteiger partial charge >= 0.3 is 6.18 Å². The maximum atomic E-state index is 12.7. The molecule has 0 saturated heterocycles. The molecule has 0 unspecified atom stereocenters. The smallest absolute Gasteiger partial charge is 0.416 e. The number of imidazole rings is 1. The van der Waals surface area contributed by atoms with Crippen LogP contribution in [0.5, 0.6) is 5.75 Å². The number of hydrogen-bond donors (Lipinski definition) is 2. The Kier molecular flexibility index (Phi) is 5.37. The highest BCUT2D eigenvalue weighted by atomic mass is 19.4. The van der Waals surface area contributed by atoms with Crippen LogP contribution in [0, 0.1) is 0 Å². The lowest BCUT2D eigenvalue weighted by Gasteiger charge is -2.09. The normalized spacial score (nSPS) is 11.5. The minimum atomic E-state index is -4.38. The first-order chi connectivity index (χ1) is 14.8. The van der Waals surface area contributed by atoms with Gasteiger partial charge in [0.1, 0.15) is 18.2 Å². The molecule has 0 bridgehead atoms. The highest BCUT2D eigenvalue weighted by Gasteiger charge is 2.30. The molecule has 2 N–H and O–H groups in total. The lowest BCUT2D eigenvalue weighted by molar-refractivity contribution is -0.137. The van der Waals surface area contributed by atoms with Crippen molar-refractivity contribution in [3.8, 4) is 16.9 Å². The maximum absolute atomic E-state index is 12.7. The van der Waals surface area contributed by atoms with Crippen LogP contribution >= 0.6 is 0 Å². The van der Waals surface area contributed by atoms with Gasteiger partial charge in [-0.3, -0.25) is 4.79 Å². The Morgan fingerprint density at radius 3 is 2.52 bits per heavy atom. The van der Waals surface area contributed by atoms with Gasteiger partial charge in [-0.2, -0.15) is 13.2 Å². The number of fused-ring (bicyclic) bond motifs is 1. The van der Waals surface area contributed by atoms with E-state index in [1.165, 1.54) is 19.1 Å². The van der Waals surface area contributed by atoms with Gasteiger partial charge < -0.3 is 15.0 Å². The number of carbonyl (C=O) groups excluding carboxylic acids is 1. The molecule has 0 spiro atoms. The molecule has 3 aromatic carbocycles. The molecule has 0 aliphatic heterocycles. The number of carbonyl (C=O) groups is 1. The second-order valence-electron chi connectivity index (χ2n) is 6.95. The van der Waals surface area contributed by atoms with Crippen LogP contribution in [-0.2, 0) is 17.6 Å². The van der Waals surface area contributed by atoms with Crippen molar-refractivity contribution in [3.63, 3.8) is 0 Å². The Balaban J connectivity index is 1.53. The van der Waals surface area contributed by atoms with E-state index in [9.17, 15) is 18.0 Å². The van der Waals surface area contributed by atoms with Crippen LogP contribution in [0.15, 0.2) is 66.7 Å². The molecule has 0 radical (unpaired) electrons. The number of hydrogen-bond acceptors (Lipinski definition) is 3. The number of anilines is 1. The van der Waals surface area contributed by atoms with Crippen molar-refractivity contribution in [2.75, 3.05) is 5.32 Å². The summed E-state index contributed by atoms with van der Waals surface area (Å²) < 4.78 is 43.5. The van der Waals surface area contributed by atoms with E-state index in [0.29, 0.717) is 22.8 Å². The van der Waals surface area contributed by atoms with E-state index in [1.54, 1.807) is 0 Å². The summed E-state index contributed by atoms with van der Waals surface area (Å²) in [6.07, 6.45) is -4.38. The van der Waals surface area contributed by atoms with Crippen molar-refractivity contribution in [3.05, 3.63) is 78.1 Å². The fraction of sp³-hybridized carbons (Fsp3) is 0.130. The van der Waals surface area contributed by atoms with Crippen LogP contribution in [0.4, 0.5) is 18.9 Å². The predicted octanol–water partition coefficient (Wildman–Crippen LogP) is 5.79. The first-order valence-corrected chi connectivity index (χ1v) is 9.45. The fourth-order valence-corrected chi connectivity index (χ4v) is 3.22. The molecule has 31 heavy (non-hydrogen) atoms. The van der Waals surface area contributed by atoms with E-state index in [-0.39, 0.29) is 12.5 Å². The average molecular weight is 425 g/mol. The summed E-state index contributed by atoms with van der Waals surface area (Å²) in [5.41, 5.74) is 3.24. The topological polar surface area (TPSA) is 67.0 Å². The molecule has 1 heterocycles. The molecule has 158 valence electrons. The first-order valence-electron chi connectivity index (χ1n) is 9.45. The number of aromatic nitrogens is 2. The first kappa shape index (κ1) is 20.5. The van der Waals surface area contributed by atoms with Gasteiger partial charge in [0.15, 0.2) is 0 Å². The summed E-state index contributed by atoms with van der Waals surface area (Å²) in [6.45, 7) is 1.54. The standard InChI is InChI=1S/C23H18F3N3O2/c1-14(30)27-19-5-3-2-4-18(19)15-6-11-20-21(12-15)29-22(28-20)13-31-17-9-7-16(8-10-17)23(24,25)26/h2-12H,13H2,1H3,(H,27,30)(H,28,29). The number of rotatable bonds is 5. The molecule has 8 heteroatoms. The van der Waals surface area contributed by atoms with E-state index in [0.717, 1.165) is 28.8 Å². The van der Waals surface area contributed by atoms with Crippen molar-refractivity contribution < 1.29 is 22.7 Å². The van der Waals surface area contributed by atoms with Gasteiger partial charge in [-0.15, -0.1) is 0 Å². The van der Waals surface area contributed by atoms with Crippen LogP contribution < -0.4 is 10.1 Å². The van der Waals surface area contributed by atoms with Gasteiger partial charge in [0.05, 0.1) is 16.6 Å². The minimum absolute atomic E-state index is 0.0812. The molecular weight excluding hydrogens is 407 g/mol. The Bertz CT molecular complexity index is 1230. The second kappa shape index (κ2) is 8.14. The lowest BCUT2D eigenvalue weighted by Crippen LogP contribution is -2.06. The molecular formula is C23H18F3N3O2. The Morgan fingerprint density at radius 2 is 1.81 bits per heavy atom. The third-order valence-corrected chi connectivity index (χ3v) is 4.64. The second-order valence-corrected chi connectivity index (χ2v) is 6.95. The summed E-state index contributed by atoms with van der Waals surface area (Å²) in [5.74, 6) is 0.705. The van der Waals surface area contributed by atoms with Crippen LogP contribution in [0.2, 0.25) is 0 Å². The number of benzene rings is 3. The highest BCUT2D eigenvalue weighted by molar-refractivity contribution is 5.95. The van der Waals surface area contributed by atoms with Crippen molar-refractivity contribution in [2.45, 2.75) is 19.7 Å². The summed E-state index contributed by atoms with van der Waals surface area (Å²) in [4.78, 5) is 19.1. The molecule has 0 atom stereocenters. The maximum Gasteiger partial charge on any atom is 0.416 e. The van der Waals surface area contributed by atoms with E-state index in [1.807, 2.05) is 42.5 Å². The number of nitrogens with one attached hydrogen (secondary N) is 2. The molecule has 0 fully saturated rings. The minimum Gasteiger partial charge on any atom is -0.486 e. The Hall–Kier alpha value is -3.81. The monoisotopic (exact) mass is 425 g/mol. The van der Waals surface area contributed by atoms with Gasteiger partial charge in [-0.25, -0.2) is 4.98 Å². The van der Waals surface area contributed by atoms with Crippen LogP contribution in [0.3, 0.4) is 0 Å². The zero-order chi connectivity index (χ0) is 22.0. The summed E-state index contributed by atoms with van der Waals surface area (Å²) >= 11 is 0. The zero-order valence-corrected chi connectivity index (χ0v) is 16.5. The largest absolute Gasteiger partial charge is 0.486 e. The zero-order valence-electron chi connectivity index (χ0n) is 16.5. The SMILES string of the molecule is CC(=O)Nc1ccccc1-c1ccc2[nH]c(COc3ccc(C(F)(F)F)cc3)nc2c1. The van der Waals surface area contributed by atoms with E-state index >= 15 is 0 Å². The molecule has 4 rings (SSSR count). The fourth-order valence-electron chi connectivity index (χ4n) is 3.22. The van der Waals surface area contributed by atoms with Gasteiger partial charge in [-0.1, -0.05) is 24.3 Å². The van der Waals surface area contributed by atoms with E-state index in [2.05, 4.69) is 15.3 Å². The van der Waals surface area contributed by atoms with Crippen molar-refractivity contribution in [1.29, 1.82) is 0 Å². The predicted molar refractivity (Wildman–Crippen MR) is 112 cm³/mol. The highest BCUT2D eigenvalue weighted by Crippen LogP contribution is 2.31. The molecule has 1 aromatic heterocycles. The number of nitrogens with zero attached hydrogens (tertiary/aromatic N) is 1. The third-order valence-electron chi connectivity index (χ3n) is 4.64. The van der Waals surface area contributed by atoms with Gasteiger partial charge in [-0.05, 0) is 48.0 Å². The van der Waals surface area contributed by atoms with E-state index in [4.69, 9.17) is 4.74 Å². The quantitative estimate of drug-likeness (QED) is 0.426. The van der Waals surface area contributed by atoms with Gasteiger partial charge in [0, 0.05) is 18.2 Å². The van der Waals surface area contributed by atoms with Gasteiger partial charge in [0.25, 0.3) is 0 Å². The molecule has 0 aliphatic carbocycles. The molecule has 5 nitrogen and oxygen atoms in total. The Labute approximate surface area is 175 Å².